The van der Waals surface area contributed by atoms with Crippen LogP contribution in [0.25, 0.3) is 44.5 Å². The smallest absolute Gasteiger partial charge is 0.270 e. The molecule has 0 spiro atoms. The summed E-state index contributed by atoms with van der Waals surface area (Å²) >= 11 is 13.4. The van der Waals surface area contributed by atoms with Crippen molar-refractivity contribution in [2.24, 2.45) is 14.1 Å². The molecule has 19 nitrogen and oxygen atoms in total. The van der Waals surface area contributed by atoms with Crippen LogP contribution in [0.2, 0.25) is 35.7 Å². The number of aryl methyl sites for hydroxylation is 5. The number of aromatic amines is 1. The summed E-state index contributed by atoms with van der Waals surface area (Å²) in [5.74, 6) is -1.55. The van der Waals surface area contributed by atoms with Gasteiger partial charge in [-0.05, 0) is 190 Å². The van der Waals surface area contributed by atoms with Gasteiger partial charge in [-0.1, -0.05) is 116 Å². The van der Waals surface area contributed by atoms with Gasteiger partial charge in [-0.15, -0.1) is 0 Å². The number of amides is 4. The van der Waals surface area contributed by atoms with Gasteiger partial charge >= 0.3 is 0 Å². The SMILES string of the molecule is Cc1n[nH]c(C)c1-c1ccc(NC(=O)[C@H](Cc2cc(-c3cccc(CN(C)C)c3)ccc2Cl)NC(=O)c2ccnn2C)cc1.Cc1nn(COCC[Si](C)(C)C)c(C)c1-c1ccc(NC(=O)[C@H](Cc2cc(-c3cccc(CN(C)C)c3)ccc2Cl)NC(=O)c2ccnn2C)cc1. The molecule has 4 amide bonds. The number of H-pyrrole nitrogens is 1. The fourth-order valence-electron chi connectivity index (χ4n) is 11.4. The van der Waals surface area contributed by atoms with Crippen molar-refractivity contribution in [2.45, 2.75) is 98.1 Å². The van der Waals surface area contributed by atoms with E-state index in [0.717, 1.165) is 104 Å². The second-order valence-electron chi connectivity index (χ2n) is 26.0. The van der Waals surface area contributed by atoms with E-state index in [1.165, 1.54) is 20.5 Å². The molecule has 500 valence electrons. The Morgan fingerprint density at radius 3 is 1.41 bits per heavy atom. The highest BCUT2D eigenvalue weighted by Gasteiger charge is 2.28. The van der Waals surface area contributed by atoms with Crippen molar-refractivity contribution in [1.82, 2.24) is 60.0 Å². The van der Waals surface area contributed by atoms with Gasteiger partial charge in [-0.3, -0.25) is 33.6 Å². The molecule has 10 rings (SSSR count). The Balaban J connectivity index is 0.000000228. The Kier molecular flexibility index (Phi) is 23.7. The van der Waals surface area contributed by atoms with Crippen LogP contribution in [0.4, 0.5) is 11.4 Å². The number of nitrogens with zero attached hydrogens (tertiary/aromatic N) is 9. The average Bonchev–Trinajstić information content (AvgIpc) is 1.68. The number of aromatic nitrogens is 8. The molecule has 0 aliphatic rings. The van der Waals surface area contributed by atoms with Crippen LogP contribution in [0.1, 0.15) is 66.0 Å². The number of anilines is 2. The van der Waals surface area contributed by atoms with E-state index in [0.29, 0.717) is 39.5 Å². The standard InChI is InChI=1S/C40H50ClN7O3Si.C34H36ClN7O2/c1-27-38(28(2)48(45-27)26-51-20-21-52(6,7)8)30-12-15-34(16-13-30)43-39(49)36(44-40(50)37-18-19-42-47(37)5)24-33-23-32(14-17-35(33)41)31-11-9-10-29(22-31)25-46(3)4;1-21-32(22(2)40-39-21)24-9-12-28(13-10-24)37-33(43)30(38-34(44)31-15-16-36-42(31)5)19-27-18-26(11-14-29(27)35)25-8-6-7-23(17-25)20-41(3)4/h9-19,22-23,36H,20-21,24-26H2,1-8H3,(H,43,49)(H,44,50);6-18,30H,19-20H2,1-5H3,(H,37,43)(H,38,44)(H,39,40)/t36-;30-/m00/s1. The molecule has 2 atom stereocenters. The van der Waals surface area contributed by atoms with Gasteiger partial charge in [-0.25, -0.2) is 4.68 Å². The minimum absolute atomic E-state index is 0.176. The summed E-state index contributed by atoms with van der Waals surface area (Å²) in [6.45, 7) is 17.7. The first-order chi connectivity index (χ1) is 45.8. The lowest BCUT2D eigenvalue weighted by Crippen LogP contribution is -2.45. The van der Waals surface area contributed by atoms with Gasteiger partial charge in [0.25, 0.3) is 11.8 Å². The number of hydrogen-bond acceptors (Lipinski definition) is 11. The quantitative estimate of drug-likeness (QED) is 0.0268. The van der Waals surface area contributed by atoms with Crippen molar-refractivity contribution in [2.75, 3.05) is 45.4 Å². The molecule has 0 aliphatic carbocycles. The number of halogens is 2. The predicted molar refractivity (Wildman–Crippen MR) is 387 cm³/mol. The van der Waals surface area contributed by atoms with Gasteiger partial charge in [0.15, 0.2) is 0 Å². The Morgan fingerprint density at radius 1 is 0.562 bits per heavy atom. The topological polar surface area (TPSA) is 214 Å². The lowest BCUT2D eigenvalue weighted by Gasteiger charge is -2.20. The lowest BCUT2D eigenvalue weighted by atomic mass is 9.97. The first-order valence-corrected chi connectivity index (χ1v) is 36.3. The van der Waals surface area contributed by atoms with Crippen LogP contribution in [0.5, 0.6) is 0 Å². The molecular formula is C74H86Cl2N14O5Si. The van der Waals surface area contributed by atoms with Crippen molar-refractivity contribution in [1.29, 1.82) is 0 Å². The lowest BCUT2D eigenvalue weighted by molar-refractivity contribution is -0.118. The highest BCUT2D eigenvalue weighted by atomic mass is 35.5. The Labute approximate surface area is 573 Å². The summed E-state index contributed by atoms with van der Waals surface area (Å²) in [5.41, 5.74) is 17.6. The molecule has 96 heavy (non-hydrogen) atoms. The van der Waals surface area contributed by atoms with Gasteiger partial charge in [0.1, 0.15) is 30.2 Å². The summed E-state index contributed by atoms with van der Waals surface area (Å²) in [4.78, 5) is 58.5. The number of carbonyl (C=O) groups excluding carboxylic acids is 4. The molecule has 0 bridgehead atoms. The van der Waals surface area contributed by atoms with Crippen molar-refractivity contribution >= 4 is 66.3 Å². The van der Waals surface area contributed by atoms with E-state index in [1.54, 1.807) is 38.6 Å². The zero-order valence-electron chi connectivity index (χ0n) is 56.9. The highest BCUT2D eigenvalue weighted by molar-refractivity contribution is 6.76. The molecule has 0 saturated carbocycles. The average molecular weight is 1350 g/mol. The zero-order chi connectivity index (χ0) is 69.0. The van der Waals surface area contributed by atoms with Crippen LogP contribution < -0.4 is 21.3 Å². The third kappa shape index (κ3) is 18.8. The molecule has 0 aliphatic heterocycles. The monoisotopic (exact) mass is 1350 g/mol. The van der Waals surface area contributed by atoms with Crippen molar-refractivity contribution in [3.63, 3.8) is 0 Å². The molecule has 4 heterocycles. The molecule has 22 heteroatoms. The number of carbonyl (C=O) groups is 4. The number of nitrogens with one attached hydrogen (secondary N) is 5. The van der Waals surface area contributed by atoms with Gasteiger partial charge < -0.3 is 35.8 Å². The third-order valence-electron chi connectivity index (χ3n) is 16.4. The van der Waals surface area contributed by atoms with Crippen LogP contribution >= 0.6 is 23.2 Å². The van der Waals surface area contributed by atoms with Crippen molar-refractivity contribution < 1.29 is 23.9 Å². The van der Waals surface area contributed by atoms with Crippen LogP contribution in [0, 0.1) is 27.7 Å². The fraction of sp³-hybridized carbons (Fsp3) is 0.297. The first kappa shape index (κ1) is 71.0. The minimum atomic E-state index is -1.17. The summed E-state index contributed by atoms with van der Waals surface area (Å²) in [5, 5.41) is 33.1. The Morgan fingerprint density at radius 2 is 1.00 bits per heavy atom. The van der Waals surface area contributed by atoms with E-state index in [2.05, 4.69) is 108 Å². The molecule has 0 unspecified atom stereocenters. The predicted octanol–water partition coefficient (Wildman–Crippen LogP) is 13.4. The van der Waals surface area contributed by atoms with E-state index < -0.39 is 32.0 Å². The molecule has 0 saturated heterocycles. The maximum Gasteiger partial charge on any atom is 0.270 e. The van der Waals surface area contributed by atoms with E-state index in [9.17, 15) is 19.2 Å². The Bertz CT molecular complexity index is 4340. The number of rotatable bonds is 25. The minimum Gasteiger partial charge on any atom is -0.360 e. The summed E-state index contributed by atoms with van der Waals surface area (Å²) in [7, 11) is 10.3. The van der Waals surface area contributed by atoms with Gasteiger partial charge in [0.2, 0.25) is 11.8 Å². The zero-order valence-corrected chi connectivity index (χ0v) is 59.4. The van der Waals surface area contributed by atoms with Crippen molar-refractivity contribution in [3.8, 4) is 44.5 Å². The first-order valence-electron chi connectivity index (χ1n) is 31.9. The molecule has 4 aromatic heterocycles. The second kappa shape index (κ2) is 32.0. The fourth-order valence-corrected chi connectivity index (χ4v) is 12.6. The molecule has 0 radical (unpaired) electrons. The maximum absolute atomic E-state index is 14.0. The number of hydrogen-bond donors (Lipinski definition) is 5. The van der Waals surface area contributed by atoms with E-state index >= 15 is 0 Å². The molecular weight excluding hydrogens is 1260 g/mol. The number of ether oxygens (including phenoxy) is 1. The normalized spacial score (nSPS) is 12.1. The van der Waals surface area contributed by atoms with Gasteiger partial charge in [-0.2, -0.15) is 20.4 Å². The second-order valence-corrected chi connectivity index (χ2v) is 32.4. The molecule has 6 aromatic carbocycles. The van der Waals surface area contributed by atoms with E-state index in [4.69, 9.17) is 33.0 Å². The van der Waals surface area contributed by atoms with Crippen LogP contribution in [-0.2, 0) is 61.1 Å². The van der Waals surface area contributed by atoms with Crippen LogP contribution in [0.3, 0.4) is 0 Å². The molecule has 0 fully saturated rings. The number of benzene rings is 6. The van der Waals surface area contributed by atoms with E-state index in [1.807, 2.05) is 158 Å². The van der Waals surface area contributed by atoms with E-state index in [-0.39, 0.29) is 24.7 Å². The molecule has 10 aromatic rings. The van der Waals surface area contributed by atoms with Gasteiger partial charge in [0, 0.05) is 111 Å². The maximum atomic E-state index is 14.0. The summed E-state index contributed by atoms with van der Waals surface area (Å²) in [6.07, 6.45) is 3.45. The molecule has 5 N–H and O–H groups in total. The van der Waals surface area contributed by atoms with Crippen LogP contribution in [0.15, 0.2) is 158 Å². The van der Waals surface area contributed by atoms with Crippen LogP contribution in [-0.4, -0.2) is 128 Å². The largest absolute Gasteiger partial charge is 0.360 e. The Hall–Kier alpha value is -9.28. The highest BCUT2D eigenvalue weighted by Crippen LogP contribution is 2.32. The van der Waals surface area contributed by atoms with Crippen molar-refractivity contribution in [3.05, 3.63) is 224 Å². The summed E-state index contributed by atoms with van der Waals surface area (Å²) < 4.78 is 10.8. The van der Waals surface area contributed by atoms with Gasteiger partial charge in [0.05, 0.1) is 11.4 Å². The summed E-state index contributed by atoms with van der Waals surface area (Å²) in [6, 6.07) is 46.0. The third-order valence-corrected chi connectivity index (χ3v) is 18.9.